The van der Waals surface area contributed by atoms with Crippen LogP contribution in [0.25, 0.3) is 0 Å². The number of fused-ring (bicyclic) bond motifs is 5. The molecule has 2 bridgehead atoms. The Morgan fingerprint density at radius 3 is 2.02 bits per heavy atom. The average molecular weight is 763 g/mol. The molecule has 1 unspecified atom stereocenters. The highest BCUT2D eigenvalue weighted by atomic mass is 28.4. The van der Waals surface area contributed by atoms with Crippen LogP contribution in [0.15, 0.2) is 34.0 Å². The molecule has 5 rings (SSSR count). The van der Waals surface area contributed by atoms with Crippen molar-refractivity contribution in [1.82, 2.24) is 0 Å². The van der Waals surface area contributed by atoms with Crippen LogP contribution in [-0.2, 0) is 32.7 Å². The van der Waals surface area contributed by atoms with Gasteiger partial charge in [-0.1, -0.05) is 55.4 Å². The van der Waals surface area contributed by atoms with Crippen LogP contribution in [-0.4, -0.2) is 92.9 Å². The van der Waals surface area contributed by atoms with E-state index in [9.17, 15) is 19.8 Å². The maximum Gasteiger partial charge on any atom is 0.374 e. The normalized spacial score (nSPS) is 35.8. The number of carbonyl (C=O) groups is 3. The molecule has 2 N–H and O–H groups in total. The first-order chi connectivity index (χ1) is 24.4. The molecule has 1 aromatic rings. The summed E-state index contributed by atoms with van der Waals surface area (Å²) in [6, 6.07) is 7.76. The highest BCUT2D eigenvalue weighted by Gasteiger charge is 2.78. The number of carbonyl (C=O) groups excluding carboxylic acids is 3. The highest BCUT2D eigenvalue weighted by Crippen LogP contribution is 2.65. The lowest BCUT2D eigenvalue weighted by Crippen LogP contribution is -2.82. The molecule has 0 spiro atoms. The summed E-state index contributed by atoms with van der Waals surface area (Å²) < 4.78 is 39.2. The number of ether oxygens (including phenoxy) is 3. The van der Waals surface area contributed by atoms with Crippen LogP contribution in [0.4, 0.5) is 0 Å². The standard InChI is InChI=1S/C39H62O11Si2/c1-12-51(13-2,14-3)49-28-21-29-38(23-46-29,48-25(8)40)32-34(47-35(43)27-19-18-20-45-27)39(44)22-26(41)24(7)30(36(39,9)10)31(33(42)37(28,32)11)50-52(15-4,16-5)17-6/h18-20,26,28-29,31-32,34,41,44H,12-17,21-23H2,1-11H3/t26-,28-,29+,31+,32?,34-,37+,38-,39+/m0/s1. The maximum absolute atomic E-state index is 16.2. The van der Waals surface area contributed by atoms with Crippen LogP contribution < -0.4 is 0 Å². The minimum atomic E-state index is -2.56. The number of hydrogen-bond acceptors (Lipinski definition) is 11. The number of esters is 2. The number of aliphatic hydroxyl groups excluding tert-OH is 1. The van der Waals surface area contributed by atoms with Crippen molar-refractivity contribution in [3.63, 3.8) is 0 Å². The van der Waals surface area contributed by atoms with Gasteiger partial charge in [0.1, 0.15) is 23.9 Å². The third kappa shape index (κ3) is 6.05. The van der Waals surface area contributed by atoms with Crippen molar-refractivity contribution in [2.75, 3.05) is 6.61 Å². The summed E-state index contributed by atoms with van der Waals surface area (Å²) in [5, 5.41) is 25.4. The Labute approximate surface area is 311 Å². The summed E-state index contributed by atoms with van der Waals surface area (Å²) in [7, 11) is -5.00. The highest BCUT2D eigenvalue weighted by molar-refractivity contribution is 6.74. The Bertz CT molecular complexity index is 1520. The van der Waals surface area contributed by atoms with E-state index in [1.807, 2.05) is 20.8 Å². The van der Waals surface area contributed by atoms with Gasteiger partial charge in [0.2, 0.25) is 5.76 Å². The minimum Gasteiger partial charge on any atom is -0.457 e. The number of hydrogen-bond donors (Lipinski definition) is 2. The number of aliphatic hydroxyl groups is 2. The lowest BCUT2D eigenvalue weighted by molar-refractivity contribution is -0.344. The Kier molecular flexibility index (Phi) is 11.4. The first-order valence-corrected chi connectivity index (χ1v) is 24.5. The predicted molar refractivity (Wildman–Crippen MR) is 200 cm³/mol. The zero-order chi connectivity index (χ0) is 38.7. The summed E-state index contributed by atoms with van der Waals surface area (Å²) in [6.45, 7) is 21.2. The van der Waals surface area contributed by atoms with Crippen LogP contribution in [0.3, 0.4) is 0 Å². The summed E-state index contributed by atoms with van der Waals surface area (Å²) in [6.07, 6.45) is -3.87. The molecule has 13 heteroatoms. The zero-order valence-corrected chi connectivity index (χ0v) is 35.1. The Balaban J connectivity index is 1.90. The lowest BCUT2D eigenvalue weighted by Gasteiger charge is -2.68. The second-order valence-electron chi connectivity index (χ2n) is 16.5. The van der Waals surface area contributed by atoms with Crippen molar-refractivity contribution >= 4 is 34.4 Å². The van der Waals surface area contributed by atoms with Gasteiger partial charge < -0.3 is 37.7 Å². The van der Waals surface area contributed by atoms with Crippen molar-refractivity contribution in [2.45, 2.75) is 167 Å². The molecule has 2 heterocycles. The van der Waals surface area contributed by atoms with E-state index in [2.05, 4.69) is 41.5 Å². The number of Topliss-reactive ketones (excluding diaryl/α,β-unsaturated/α-hetero) is 1. The van der Waals surface area contributed by atoms with Crippen LogP contribution >= 0.6 is 0 Å². The van der Waals surface area contributed by atoms with Gasteiger partial charge in [-0.15, -0.1) is 0 Å². The van der Waals surface area contributed by atoms with Crippen LogP contribution in [0.1, 0.15) is 99.6 Å². The molecule has 1 saturated heterocycles. The molecule has 0 aromatic carbocycles. The minimum absolute atomic E-state index is 0.0753. The third-order valence-corrected chi connectivity index (χ3v) is 23.5. The lowest BCUT2D eigenvalue weighted by atomic mass is 9.44. The van der Waals surface area contributed by atoms with Crippen molar-refractivity contribution < 1.29 is 52.1 Å². The van der Waals surface area contributed by atoms with Gasteiger partial charge in [0.05, 0.1) is 36.4 Å². The van der Waals surface area contributed by atoms with E-state index in [-0.39, 0.29) is 31.0 Å². The van der Waals surface area contributed by atoms with Crippen molar-refractivity contribution in [3.05, 3.63) is 35.3 Å². The van der Waals surface area contributed by atoms with E-state index in [0.717, 1.165) is 36.3 Å². The predicted octanol–water partition coefficient (Wildman–Crippen LogP) is 6.73. The molecule has 1 aliphatic heterocycles. The smallest absolute Gasteiger partial charge is 0.374 e. The summed E-state index contributed by atoms with van der Waals surface area (Å²) in [5.74, 6) is -2.97. The zero-order valence-electron chi connectivity index (χ0n) is 33.1. The summed E-state index contributed by atoms with van der Waals surface area (Å²) in [4.78, 5) is 43.4. The molecule has 1 aromatic heterocycles. The van der Waals surface area contributed by atoms with E-state index in [4.69, 9.17) is 27.5 Å². The fraction of sp³-hybridized carbons (Fsp3) is 0.769. The van der Waals surface area contributed by atoms with Gasteiger partial charge in [-0.25, -0.2) is 4.79 Å². The first kappa shape index (κ1) is 41.0. The first-order valence-electron chi connectivity index (χ1n) is 19.4. The SMILES string of the molecule is CC[Si](CC)(CC)O[C@H]1C(=O)[C@@]2(C)C([C@H](OC(=O)c3ccco3)[C@]3(O)C[C@H](O)C(C)=C1C3(C)C)[C@]1(OC(C)=O)CO[C@@H]1C[C@@H]2O[Si](CC)(CC)CC. The largest absolute Gasteiger partial charge is 0.457 e. The third-order valence-electron chi connectivity index (χ3n) is 14.2. The van der Waals surface area contributed by atoms with Crippen LogP contribution in [0, 0.1) is 16.7 Å². The second-order valence-corrected chi connectivity index (χ2v) is 25.9. The molecule has 9 atom stereocenters. The molecule has 292 valence electrons. The van der Waals surface area contributed by atoms with Gasteiger partial charge in [0.15, 0.2) is 28.0 Å². The number of furan rings is 1. The van der Waals surface area contributed by atoms with Crippen LogP contribution in [0.2, 0.25) is 36.3 Å². The summed E-state index contributed by atoms with van der Waals surface area (Å²) >= 11 is 0. The maximum atomic E-state index is 16.2. The Morgan fingerprint density at radius 2 is 1.54 bits per heavy atom. The second kappa shape index (κ2) is 14.5. The fourth-order valence-electron chi connectivity index (χ4n) is 10.3. The molecule has 2 saturated carbocycles. The molecule has 4 aliphatic rings. The number of ketones is 1. The van der Waals surface area contributed by atoms with E-state index >= 15 is 4.79 Å². The van der Waals surface area contributed by atoms with Gasteiger partial charge in [-0.2, -0.15) is 0 Å². The van der Waals surface area contributed by atoms with Gasteiger partial charge in [-0.05, 0) is 73.4 Å². The monoisotopic (exact) mass is 762 g/mol. The topological polar surface area (TPSA) is 151 Å². The van der Waals surface area contributed by atoms with Gasteiger partial charge in [0.25, 0.3) is 0 Å². The van der Waals surface area contributed by atoms with Gasteiger partial charge >= 0.3 is 11.9 Å². The van der Waals surface area contributed by atoms with Gasteiger partial charge in [0, 0.05) is 25.2 Å². The molecular formula is C39H62O11Si2. The molecule has 0 amide bonds. The average Bonchev–Trinajstić information content (AvgIpc) is 3.66. The quantitative estimate of drug-likeness (QED) is 0.125. The molecule has 3 fully saturated rings. The van der Waals surface area contributed by atoms with E-state index in [1.54, 1.807) is 13.0 Å². The summed E-state index contributed by atoms with van der Waals surface area (Å²) in [5.41, 5.74) is -5.20. The number of rotatable bonds is 13. The van der Waals surface area contributed by atoms with Crippen molar-refractivity contribution in [2.24, 2.45) is 16.7 Å². The van der Waals surface area contributed by atoms with Gasteiger partial charge in [-0.3, -0.25) is 9.59 Å². The Morgan fingerprint density at radius 1 is 0.962 bits per heavy atom. The van der Waals surface area contributed by atoms with E-state index in [0.29, 0.717) is 11.1 Å². The molecule has 0 radical (unpaired) electrons. The molecule has 52 heavy (non-hydrogen) atoms. The van der Waals surface area contributed by atoms with E-state index < -0.39 is 87.0 Å². The van der Waals surface area contributed by atoms with Crippen molar-refractivity contribution in [1.29, 1.82) is 0 Å². The molecular weight excluding hydrogens is 701 g/mol. The molecule has 3 aliphatic carbocycles. The van der Waals surface area contributed by atoms with Crippen LogP contribution in [0.5, 0.6) is 0 Å². The Hall–Kier alpha value is -2.14. The van der Waals surface area contributed by atoms with Crippen molar-refractivity contribution in [3.8, 4) is 0 Å². The fourth-order valence-corrected chi connectivity index (χ4v) is 15.9. The molecule has 11 nitrogen and oxygen atoms in total. The van der Waals surface area contributed by atoms with E-state index in [1.165, 1.54) is 19.3 Å².